The van der Waals surface area contributed by atoms with Crippen molar-refractivity contribution < 1.29 is 4.74 Å². The van der Waals surface area contributed by atoms with Crippen LogP contribution in [0.5, 0.6) is 0 Å². The average molecular weight is 232 g/mol. The molecular weight excluding hydrogens is 216 g/mol. The van der Waals surface area contributed by atoms with Crippen molar-refractivity contribution in [1.29, 1.82) is 0 Å². The summed E-state index contributed by atoms with van der Waals surface area (Å²) in [5.74, 6) is 0.562. The summed E-state index contributed by atoms with van der Waals surface area (Å²) in [5, 5.41) is 11.4. The number of rotatable bonds is 5. The summed E-state index contributed by atoms with van der Waals surface area (Å²) >= 11 is 0. The molecule has 5 nitrogen and oxygen atoms in total. The topological polar surface area (TPSA) is 59.9 Å². The molecule has 1 unspecified atom stereocenters. The highest BCUT2D eigenvalue weighted by atomic mass is 16.5. The quantitative estimate of drug-likeness (QED) is 0.852. The minimum absolute atomic E-state index is 0.262. The maximum atomic E-state index is 5.02. The third-order valence-corrected chi connectivity index (χ3v) is 2.49. The minimum atomic E-state index is 0.262. The second kappa shape index (κ2) is 5.54. The number of hydrogen-bond donors (Lipinski definition) is 1. The van der Waals surface area contributed by atoms with E-state index in [1.54, 1.807) is 7.11 Å². The van der Waals surface area contributed by atoms with Gasteiger partial charge in [0.1, 0.15) is 5.52 Å². The lowest BCUT2D eigenvalue weighted by atomic mass is 10.2. The molecule has 0 bridgehead atoms. The molecule has 0 saturated heterocycles. The van der Waals surface area contributed by atoms with Crippen LogP contribution in [0.3, 0.4) is 0 Å². The van der Waals surface area contributed by atoms with Gasteiger partial charge in [-0.15, -0.1) is 10.2 Å². The molecule has 1 aromatic heterocycles. The second-order valence-electron chi connectivity index (χ2n) is 3.95. The van der Waals surface area contributed by atoms with E-state index in [-0.39, 0.29) is 6.04 Å². The average Bonchev–Trinajstić information content (AvgIpc) is 2.36. The van der Waals surface area contributed by atoms with Gasteiger partial charge in [-0.1, -0.05) is 12.1 Å². The van der Waals surface area contributed by atoms with E-state index in [0.29, 0.717) is 5.95 Å². The van der Waals surface area contributed by atoms with E-state index in [1.807, 2.05) is 24.3 Å². The number of para-hydroxylation sites is 1. The molecule has 1 atom stereocenters. The zero-order valence-electron chi connectivity index (χ0n) is 10.1. The first kappa shape index (κ1) is 11.7. The van der Waals surface area contributed by atoms with Crippen LogP contribution in [0.15, 0.2) is 24.3 Å². The first-order chi connectivity index (χ1) is 8.29. The van der Waals surface area contributed by atoms with E-state index in [4.69, 9.17) is 4.74 Å². The Balaban J connectivity index is 2.08. The van der Waals surface area contributed by atoms with E-state index in [1.165, 1.54) is 0 Å². The molecule has 90 valence electrons. The predicted octanol–water partition coefficient (Wildman–Crippen LogP) is 1.86. The number of aromatic nitrogens is 3. The molecule has 1 heterocycles. The molecule has 0 spiro atoms. The Kier molecular flexibility index (Phi) is 3.82. The molecule has 2 rings (SSSR count). The Morgan fingerprint density at radius 2 is 2.00 bits per heavy atom. The number of hydrogen-bond acceptors (Lipinski definition) is 5. The maximum Gasteiger partial charge on any atom is 0.243 e. The summed E-state index contributed by atoms with van der Waals surface area (Å²) in [6.07, 6.45) is 0.909. The summed E-state index contributed by atoms with van der Waals surface area (Å²) in [6, 6.07) is 7.95. The van der Waals surface area contributed by atoms with Gasteiger partial charge in [-0.05, 0) is 25.5 Å². The number of nitrogens with zero attached hydrogens (tertiary/aromatic N) is 3. The van der Waals surface area contributed by atoms with E-state index in [0.717, 1.165) is 24.1 Å². The molecule has 0 aliphatic rings. The van der Waals surface area contributed by atoms with Crippen molar-refractivity contribution in [3.8, 4) is 0 Å². The minimum Gasteiger partial charge on any atom is -0.385 e. The molecule has 0 fully saturated rings. The van der Waals surface area contributed by atoms with Gasteiger partial charge < -0.3 is 10.1 Å². The van der Waals surface area contributed by atoms with Gasteiger partial charge in [0.15, 0.2) is 0 Å². The lowest BCUT2D eigenvalue weighted by Crippen LogP contribution is -2.19. The van der Waals surface area contributed by atoms with Gasteiger partial charge in [-0.25, -0.2) is 4.98 Å². The molecule has 1 aromatic carbocycles. The molecule has 5 heteroatoms. The molecule has 0 amide bonds. The first-order valence-corrected chi connectivity index (χ1v) is 5.64. The normalized spacial score (nSPS) is 12.6. The van der Waals surface area contributed by atoms with Crippen LogP contribution in [0.25, 0.3) is 11.0 Å². The van der Waals surface area contributed by atoms with Gasteiger partial charge in [0.05, 0.1) is 5.52 Å². The van der Waals surface area contributed by atoms with Gasteiger partial charge in [-0.2, -0.15) is 0 Å². The summed E-state index contributed by atoms with van der Waals surface area (Å²) in [4.78, 5) is 4.40. The number of anilines is 1. The summed E-state index contributed by atoms with van der Waals surface area (Å²) in [7, 11) is 1.70. The van der Waals surface area contributed by atoms with Crippen LogP contribution >= 0.6 is 0 Å². The molecule has 0 saturated carbocycles. The third-order valence-electron chi connectivity index (χ3n) is 2.49. The fraction of sp³-hybridized carbons (Fsp3) is 0.417. The van der Waals surface area contributed by atoms with Crippen LogP contribution in [0.1, 0.15) is 13.3 Å². The van der Waals surface area contributed by atoms with Gasteiger partial charge in [0, 0.05) is 19.8 Å². The number of nitrogens with one attached hydrogen (secondary N) is 1. The SMILES string of the molecule is COCCC(C)Nc1nnc2ccccc2n1. The fourth-order valence-electron chi connectivity index (χ4n) is 1.53. The summed E-state index contributed by atoms with van der Waals surface area (Å²) in [5.41, 5.74) is 1.66. The molecule has 0 aliphatic carbocycles. The van der Waals surface area contributed by atoms with Crippen LogP contribution in [-0.4, -0.2) is 34.9 Å². The van der Waals surface area contributed by atoms with Crippen LogP contribution in [0.4, 0.5) is 5.95 Å². The highest BCUT2D eigenvalue weighted by molar-refractivity contribution is 5.74. The lowest BCUT2D eigenvalue weighted by molar-refractivity contribution is 0.191. The van der Waals surface area contributed by atoms with Crippen molar-refractivity contribution in [3.63, 3.8) is 0 Å². The molecule has 2 aromatic rings. The van der Waals surface area contributed by atoms with E-state index in [2.05, 4.69) is 27.4 Å². The van der Waals surface area contributed by atoms with Gasteiger partial charge in [0.25, 0.3) is 0 Å². The number of benzene rings is 1. The van der Waals surface area contributed by atoms with E-state index in [9.17, 15) is 0 Å². The van der Waals surface area contributed by atoms with Crippen molar-refractivity contribution in [1.82, 2.24) is 15.2 Å². The Hall–Kier alpha value is -1.75. The van der Waals surface area contributed by atoms with Crippen molar-refractivity contribution >= 4 is 17.0 Å². The van der Waals surface area contributed by atoms with Gasteiger partial charge >= 0.3 is 0 Å². The largest absolute Gasteiger partial charge is 0.385 e. The zero-order valence-corrected chi connectivity index (χ0v) is 10.1. The second-order valence-corrected chi connectivity index (χ2v) is 3.95. The molecule has 0 radical (unpaired) electrons. The van der Waals surface area contributed by atoms with Gasteiger partial charge in [0.2, 0.25) is 5.95 Å². The fourth-order valence-corrected chi connectivity index (χ4v) is 1.53. The van der Waals surface area contributed by atoms with Crippen LogP contribution in [-0.2, 0) is 4.74 Å². The Morgan fingerprint density at radius 1 is 1.24 bits per heavy atom. The third kappa shape index (κ3) is 3.10. The smallest absolute Gasteiger partial charge is 0.243 e. The van der Waals surface area contributed by atoms with Crippen molar-refractivity contribution in [3.05, 3.63) is 24.3 Å². The molecular formula is C12H16N4O. The standard InChI is InChI=1S/C12H16N4O/c1-9(7-8-17-2)13-12-14-10-5-3-4-6-11(10)15-16-12/h3-6,9H,7-8H2,1-2H3,(H,13,14,16). The van der Waals surface area contributed by atoms with Crippen molar-refractivity contribution in [2.75, 3.05) is 19.0 Å². The predicted molar refractivity (Wildman–Crippen MR) is 66.9 cm³/mol. The zero-order chi connectivity index (χ0) is 12.1. The Labute approximate surface area is 100 Å². The molecule has 0 aliphatic heterocycles. The maximum absolute atomic E-state index is 5.02. The Bertz CT molecular complexity index is 489. The van der Waals surface area contributed by atoms with Crippen molar-refractivity contribution in [2.45, 2.75) is 19.4 Å². The van der Waals surface area contributed by atoms with Crippen LogP contribution in [0.2, 0.25) is 0 Å². The van der Waals surface area contributed by atoms with E-state index < -0.39 is 0 Å². The highest BCUT2D eigenvalue weighted by Crippen LogP contribution is 2.10. The monoisotopic (exact) mass is 232 g/mol. The lowest BCUT2D eigenvalue weighted by Gasteiger charge is -2.12. The summed E-state index contributed by atoms with van der Waals surface area (Å²) < 4.78 is 5.02. The molecule has 1 N–H and O–H groups in total. The number of fused-ring (bicyclic) bond motifs is 1. The van der Waals surface area contributed by atoms with Gasteiger partial charge in [-0.3, -0.25) is 0 Å². The van der Waals surface area contributed by atoms with Crippen molar-refractivity contribution in [2.24, 2.45) is 0 Å². The first-order valence-electron chi connectivity index (χ1n) is 5.64. The number of methoxy groups -OCH3 is 1. The highest BCUT2D eigenvalue weighted by Gasteiger charge is 2.05. The van der Waals surface area contributed by atoms with Crippen LogP contribution in [0, 0.1) is 0 Å². The van der Waals surface area contributed by atoms with E-state index >= 15 is 0 Å². The number of ether oxygens (including phenoxy) is 1. The summed E-state index contributed by atoms with van der Waals surface area (Å²) in [6.45, 7) is 2.78. The molecule has 17 heavy (non-hydrogen) atoms. The Morgan fingerprint density at radius 3 is 2.76 bits per heavy atom. The van der Waals surface area contributed by atoms with Crippen LogP contribution < -0.4 is 5.32 Å².